The van der Waals surface area contributed by atoms with Crippen molar-refractivity contribution in [3.63, 3.8) is 0 Å². The number of nitrogens with zero attached hydrogens (tertiary/aromatic N) is 2. The zero-order valence-electron chi connectivity index (χ0n) is 15.2. The lowest BCUT2D eigenvalue weighted by Gasteiger charge is -2.12. The standard InChI is InChI=1S/C21H16FN3O3/c1-13-10-16(28-21-15(12-23)4-3-9-24-21)6-7-18(13)25-20(26)14-5-8-19(27-2)17(22)11-14/h3-11H,1-2H3,(H,25,26). The summed E-state index contributed by atoms with van der Waals surface area (Å²) in [6.45, 7) is 1.79. The van der Waals surface area contributed by atoms with Crippen LogP contribution < -0.4 is 14.8 Å². The molecule has 3 rings (SSSR count). The molecule has 0 spiro atoms. The van der Waals surface area contributed by atoms with Gasteiger partial charge in [0.2, 0.25) is 5.88 Å². The normalized spacial score (nSPS) is 10.1. The van der Waals surface area contributed by atoms with Gasteiger partial charge >= 0.3 is 0 Å². The summed E-state index contributed by atoms with van der Waals surface area (Å²) in [5.74, 6) is -0.314. The van der Waals surface area contributed by atoms with Crippen LogP contribution >= 0.6 is 0 Å². The number of nitriles is 1. The van der Waals surface area contributed by atoms with Crippen molar-refractivity contribution in [3.05, 3.63) is 77.2 Å². The number of carbonyl (C=O) groups excluding carboxylic acids is 1. The molecule has 0 bridgehead atoms. The summed E-state index contributed by atoms with van der Waals surface area (Å²) < 4.78 is 24.3. The van der Waals surface area contributed by atoms with Gasteiger partial charge in [-0.2, -0.15) is 5.26 Å². The highest BCUT2D eigenvalue weighted by molar-refractivity contribution is 6.04. The van der Waals surface area contributed by atoms with Gasteiger partial charge in [0, 0.05) is 17.4 Å². The second-order valence-electron chi connectivity index (χ2n) is 5.85. The molecule has 0 aliphatic rings. The Kier molecular flexibility index (Phi) is 5.51. The number of hydrogen-bond donors (Lipinski definition) is 1. The predicted octanol–water partition coefficient (Wildman–Crippen LogP) is 4.45. The van der Waals surface area contributed by atoms with Gasteiger partial charge < -0.3 is 14.8 Å². The fourth-order valence-electron chi connectivity index (χ4n) is 2.51. The number of aromatic nitrogens is 1. The van der Waals surface area contributed by atoms with Crippen molar-refractivity contribution >= 4 is 11.6 Å². The molecular weight excluding hydrogens is 361 g/mol. The topological polar surface area (TPSA) is 84.2 Å². The highest BCUT2D eigenvalue weighted by atomic mass is 19.1. The average Bonchev–Trinajstić information content (AvgIpc) is 2.70. The first-order valence-corrected chi connectivity index (χ1v) is 8.30. The van der Waals surface area contributed by atoms with E-state index in [-0.39, 0.29) is 17.2 Å². The van der Waals surface area contributed by atoms with Crippen molar-refractivity contribution in [3.8, 4) is 23.4 Å². The Morgan fingerprint density at radius 3 is 2.71 bits per heavy atom. The van der Waals surface area contributed by atoms with E-state index < -0.39 is 11.7 Å². The molecule has 1 N–H and O–H groups in total. The van der Waals surface area contributed by atoms with E-state index in [1.807, 2.05) is 6.07 Å². The molecule has 1 amide bonds. The molecule has 0 fully saturated rings. The van der Waals surface area contributed by atoms with Gasteiger partial charge in [-0.3, -0.25) is 4.79 Å². The SMILES string of the molecule is COc1ccc(C(=O)Nc2ccc(Oc3ncccc3C#N)cc2C)cc1F. The smallest absolute Gasteiger partial charge is 0.255 e. The number of carbonyl (C=O) groups is 1. The Labute approximate surface area is 161 Å². The third-order valence-electron chi connectivity index (χ3n) is 3.97. The molecule has 2 aromatic carbocycles. The molecule has 0 unspecified atom stereocenters. The molecule has 6 nitrogen and oxygen atoms in total. The summed E-state index contributed by atoms with van der Waals surface area (Å²) in [5.41, 5.74) is 1.77. The van der Waals surface area contributed by atoms with Crippen molar-refractivity contribution in [2.75, 3.05) is 12.4 Å². The van der Waals surface area contributed by atoms with Crippen molar-refractivity contribution in [2.24, 2.45) is 0 Å². The number of aryl methyl sites for hydroxylation is 1. The maximum Gasteiger partial charge on any atom is 0.255 e. The Morgan fingerprint density at radius 2 is 2.04 bits per heavy atom. The highest BCUT2D eigenvalue weighted by Crippen LogP contribution is 2.27. The fraction of sp³-hybridized carbons (Fsp3) is 0.0952. The Morgan fingerprint density at radius 1 is 1.21 bits per heavy atom. The first-order chi connectivity index (χ1) is 13.5. The Bertz CT molecular complexity index is 1080. The number of rotatable bonds is 5. The number of methoxy groups -OCH3 is 1. The molecule has 3 aromatic rings. The van der Waals surface area contributed by atoms with E-state index >= 15 is 0 Å². The van der Waals surface area contributed by atoms with E-state index in [1.54, 1.807) is 37.3 Å². The predicted molar refractivity (Wildman–Crippen MR) is 101 cm³/mol. The van der Waals surface area contributed by atoms with Crippen molar-refractivity contribution in [2.45, 2.75) is 6.92 Å². The van der Waals surface area contributed by atoms with Gasteiger partial charge in [0.05, 0.1) is 7.11 Å². The van der Waals surface area contributed by atoms with E-state index in [1.165, 1.54) is 25.4 Å². The van der Waals surface area contributed by atoms with Gasteiger partial charge in [0.15, 0.2) is 11.6 Å². The quantitative estimate of drug-likeness (QED) is 0.710. The molecule has 140 valence electrons. The van der Waals surface area contributed by atoms with Crippen LogP contribution in [0, 0.1) is 24.1 Å². The largest absolute Gasteiger partial charge is 0.494 e. The summed E-state index contributed by atoms with van der Waals surface area (Å²) in [4.78, 5) is 16.4. The maximum absolute atomic E-state index is 13.8. The van der Waals surface area contributed by atoms with Crippen molar-refractivity contribution in [1.29, 1.82) is 5.26 Å². The number of nitrogens with one attached hydrogen (secondary N) is 1. The summed E-state index contributed by atoms with van der Waals surface area (Å²) in [7, 11) is 1.36. The minimum atomic E-state index is -0.612. The van der Waals surface area contributed by atoms with Crippen molar-refractivity contribution in [1.82, 2.24) is 4.98 Å². The zero-order valence-corrected chi connectivity index (χ0v) is 15.2. The van der Waals surface area contributed by atoms with Crippen LogP contribution in [0.1, 0.15) is 21.5 Å². The van der Waals surface area contributed by atoms with Crippen LogP contribution in [0.15, 0.2) is 54.7 Å². The second-order valence-corrected chi connectivity index (χ2v) is 5.85. The summed E-state index contributed by atoms with van der Waals surface area (Å²) >= 11 is 0. The molecule has 28 heavy (non-hydrogen) atoms. The van der Waals surface area contributed by atoms with Crippen LogP contribution in [0.3, 0.4) is 0 Å². The van der Waals surface area contributed by atoms with E-state index in [4.69, 9.17) is 14.7 Å². The average molecular weight is 377 g/mol. The van der Waals surface area contributed by atoms with E-state index in [0.717, 1.165) is 11.6 Å². The molecule has 1 heterocycles. The van der Waals surface area contributed by atoms with Crippen LogP contribution in [0.5, 0.6) is 17.4 Å². The zero-order chi connectivity index (χ0) is 20.1. The maximum atomic E-state index is 13.8. The minimum Gasteiger partial charge on any atom is -0.494 e. The molecule has 0 aliphatic heterocycles. The number of benzene rings is 2. The summed E-state index contributed by atoms with van der Waals surface area (Å²) in [6.07, 6.45) is 1.53. The van der Waals surface area contributed by atoms with Gasteiger partial charge in [-0.05, 0) is 61.0 Å². The third-order valence-corrected chi connectivity index (χ3v) is 3.97. The molecule has 0 atom stereocenters. The van der Waals surface area contributed by atoms with Crippen LogP contribution in [0.4, 0.5) is 10.1 Å². The lowest BCUT2D eigenvalue weighted by Crippen LogP contribution is -2.13. The number of ether oxygens (including phenoxy) is 2. The van der Waals surface area contributed by atoms with Gasteiger partial charge in [0.1, 0.15) is 17.4 Å². The first kappa shape index (κ1) is 18.9. The molecule has 1 aromatic heterocycles. The number of hydrogen-bond acceptors (Lipinski definition) is 5. The van der Waals surface area contributed by atoms with Crippen LogP contribution in [-0.2, 0) is 0 Å². The molecule has 0 radical (unpaired) electrons. The molecule has 7 heteroatoms. The van der Waals surface area contributed by atoms with E-state index in [9.17, 15) is 9.18 Å². The van der Waals surface area contributed by atoms with Gasteiger partial charge in [-0.25, -0.2) is 9.37 Å². The summed E-state index contributed by atoms with van der Waals surface area (Å²) in [6, 6.07) is 14.3. The summed E-state index contributed by atoms with van der Waals surface area (Å²) in [5, 5.41) is 11.8. The highest BCUT2D eigenvalue weighted by Gasteiger charge is 2.12. The second kappa shape index (κ2) is 8.18. The molecule has 0 saturated heterocycles. The van der Waals surface area contributed by atoms with E-state index in [0.29, 0.717) is 17.0 Å². The monoisotopic (exact) mass is 377 g/mol. The fourth-order valence-corrected chi connectivity index (χ4v) is 2.51. The van der Waals surface area contributed by atoms with Gasteiger partial charge in [-0.1, -0.05) is 0 Å². The first-order valence-electron chi connectivity index (χ1n) is 8.30. The number of halogens is 1. The lowest BCUT2D eigenvalue weighted by molar-refractivity contribution is 0.102. The number of anilines is 1. The Hall–Kier alpha value is -3.92. The van der Waals surface area contributed by atoms with Crippen LogP contribution in [0.2, 0.25) is 0 Å². The van der Waals surface area contributed by atoms with Gasteiger partial charge in [0.25, 0.3) is 5.91 Å². The van der Waals surface area contributed by atoms with Gasteiger partial charge in [-0.15, -0.1) is 0 Å². The van der Waals surface area contributed by atoms with Crippen LogP contribution in [0.25, 0.3) is 0 Å². The molecular formula is C21H16FN3O3. The number of amides is 1. The molecule has 0 saturated carbocycles. The molecule has 0 aliphatic carbocycles. The third kappa shape index (κ3) is 4.07. The Balaban J connectivity index is 1.76. The van der Waals surface area contributed by atoms with E-state index in [2.05, 4.69) is 10.3 Å². The van der Waals surface area contributed by atoms with Crippen molar-refractivity contribution < 1.29 is 18.7 Å². The minimum absolute atomic E-state index is 0.0699. The lowest BCUT2D eigenvalue weighted by atomic mass is 10.1. The number of pyridine rings is 1. The van der Waals surface area contributed by atoms with Crippen LogP contribution in [-0.4, -0.2) is 18.0 Å².